The molecule has 112 valence electrons. The third-order valence-electron chi connectivity index (χ3n) is 2.94. The zero-order valence-corrected chi connectivity index (χ0v) is 14.0. The predicted molar refractivity (Wildman–Crippen MR) is 86.0 cm³/mol. The summed E-state index contributed by atoms with van der Waals surface area (Å²) in [6.07, 6.45) is 0.614. The molecule has 0 bridgehead atoms. The van der Waals surface area contributed by atoms with Crippen molar-refractivity contribution in [3.05, 3.63) is 39.2 Å². The Morgan fingerprint density at radius 1 is 1.48 bits per heavy atom. The fraction of sp³-hybridized carbons (Fsp3) is 0.286. The van der Waals surface area contributed by atoms with Crippen molar-refractivity contribution in [3.8, 4) is 5.69 Å². The van der Waals surface area contributed by atoms with E-state index in [1.165, 1.54) is 0 Å². The van der Waals surface area contributed by atoms with E-state index in [-0.39, 0.29) is 18.1 Å². The van der Waals surface area contributed by atoms with E-state index >= 15 is 0 Å². The van der Waals surface area contributed by atoms with E-state index in [1.807, 2.05) is 19.1 Å². The highest BCUT2D eigenvalue weighted by Gasteiger charge is 2.23. The number of benzene rings is 1. The molecule has 21 heavy (non-hydrogen) atoms. The second-order valence-electron chi connectivity index (χ2n) is 4.24. The second-order valence-corrected chi connectivity index (χ2v) is 5.44. The van der Waals surface area contributed by atoms with Crippen LogP contribution in [0.1, 0.15) is 30.2 Å². The van der Waals surface area contributed by atoms with Crippen LogP contribution in [-0.4, -0.2) is 22.1 Å². The van der Waals surface area contributed by atoms with Gasteiger partial charge in [0.1, 0.15) is 11.6 Å². The first-order valence-electron chi connectivity index (χ1n) is 6.49. The molecule has 0 fully saturated rings. The maximum Gasteiger partial charge on any atom is 0.360 e. The Labute approximate surface area is 136 Å². The molecule has 0 unspecified atom stereocenters. The lowest BCUT2D eigenvalue weighted by Gasteiger charge is -2.11. The van der Waals surface area contributed by atoms with E-state index in [0.29, 0.717) is 21.7 Å². The summed E-state index contributed by atoms with van der Waals surface area (Å²) in [7, 11) is 0. The van der Waals surface area contributed by atoms with Gasteiger partial charge in [0, 0.05) is 6.42 Å². The summed E-state index contributed by atoms with van der Waals surface area (Å²) < 4.78 is 7.38. The van der Waals surface area contributed by atoms with E-state index in [2.05, 4.69) is 20.9 Å². The highest BCUT2D eigenvalue weighted by Crippen LogP contribution is 2.32. The van der Waals surface area contributed by atoms with Gasteiger partial charge < -0.3 is 10.5 Å². The van der Waals surface area contributed by atoms with Gasteiger partial charge in [-0.2, -0.15) is 0 Å². The SMILES string of the molecule is CCOC(=O)c1nc(CC)n(-c2cccc(Cl)c2Br)c1N. The average Bonchev–Trinajstić information content (AvgIpc) is 2.79. The highest BCUT2D eigenvalue weighted by molar-refractivity contribution is 9.10. The third kappa shape index (κ3) is 2.91. The van der Waals surface area contributed by atoms with Crippen molar-refractivity contribution in [3.63, 3.8) is 0 Å². The summed E-state index contributed by atoms with van der Waals surface area (Å²) in [5.41, 5.74) is 6.96. The number of hydrogen-bond donors (Lipinski definition) is 1. The van der Waals surface area contributed by atoms with Crippen LogP contribution in [0.5, 0.6) is 0 Å². The number of imidazole rings is 1. The largest absolute Gasteiger partial charge is 0.461 e. The zero-order valence-electron chi connectivity index (χ0n) is 11.7. The van der Waals surface area contributed by atoms with Crippen molar-refractivity contribution in [2.75, 3.05) is 12.3 Å². The number of nitrogens with two attached hydrogens (primary N) is 1. The van der Waals surface area contributed by atoms with Crippen LogP contribution in [0.15, 0.2) is 22.7 Å². The molecule has 2 aromatic rings. The van der Waals surface area contributed by atoms with Gasteiger partial charge in [0.15, 0.2) is 5.69 Å². The van der Waals surface area contributed by atoms with Crippen molar-refractivity contribution < 1.29 is 9.53 Å². The molecule has 1 aromatic heterocycles. The van der Waals surface area contributed by atoms with Gasteiger partial charge in [0.25, 0.3) is 0 Å². The standard InChI is InChI=1S/C14H15BrClN3O2/c1-3-10-18-12(14(20)21-4-2)13(17)19(10)9-7-5-6-8(16)11(9)15/h5-7H,3-4,17H2,1-2H3. The van der Waals surface area contributed by atoms with E-state index in [0.717, 1.165) is 5.69 Å². The minimum Gasteiger partial charge on any atom is -0.461 e. The van der Waals surface area contributed by atoms with Crippen molar-refractivity contribution in [1.82, 2.24) is 9.55 Å². The van der Waals surface area contributed by atoms with Crippen LogP contribution in [0.4, 0.5) is 5.82 Å². The number of nitrogen functional groups attached to an aromatic ring is 1. The quantitative estimate of drug-likeness (QED) is 0.832. The van der Waals surface area contributed by atoms with E-state index in [1.54, 1.807) is 17.6 Å². The normalized spacial score (nSPS) is 10.7. The zero-order chi connectivity index (χ0) is 15.6. The Kier molecular flexibility index (Phi) is 4.90. The predicted octanol–water partition coefficient (Wildman–Crippen LogP) is 3.61. The molecule has 0 aliphatic rings. The first kappa shape index (κ1) is 15.9. The number of hydrogen-bond acceptors (Lipinski definition) is 4. The van der Waals surface area contributed by atoms with Crippen molar-refractivity contribution >= 4 is 39.3 Å². The Hall–Kier alpha value is -1.53. The summed E-state index contributed by atoms with van der Waals surface area (Å²) in [5.74, 6) is 0.383. The van der Waals surface area contributed by atoms with E-state index in [9.17, 15) is 4.79 Å². The van der Waals surface area contributed by atoms with Gasteiger partial charge in [-0.1, -0.05) is 24.6 Å². The van der Waals surface area contributed by atoms with Crippen LogP contribution in [0.3, 0.4) is 0 Å². The molecule has 0 saturated heterocycles. The Morgan fingerprint density at radius 2 is 2.19 bits per heavy atom. The Balaban J connectivity index is 2.63. The smallest absolute Gasteiger partial charge is 0.360 e. The van der Waals surface area contributed by atoms with Crippen LogP contribution in [0.2, 0.25) is 5.02 Å². The molecule has 0 atom stereocenters. The molecular formula is C14H15BrClN3O2. The molecule has 0 saturated carbocycles. The minimum atomic E-state index is -0.526. The fourth-order valence-electron chi connectivity index (χ4n) is 2.00. The maximum atomic E-state index is 11.9. The molecule has 1 heterocycles. The number of anilines is 1. The molecule has 0 aliphatic carbocycles. The van der Waals surface area contributed by atoms with Gasteiger partial charge in [0.05, 0.1) is 21.8 Å². The Morgan fingerprint density at radius 3 is 2.81 bits per heavy atom. The second kappa shape index (κ2) is 6.49. The number of aryl methyl sites for hydroxylation is 1. The molecule has 0 spiro atoms. The van der Waals surface area contributed by atoms with Gasteiger partial charge in [-0.05, 0) is 35.0 Å². The lowest BCUT2D eigenvalue weighted by molar-refractivity contribution is 0.0521. The summed E-state index contributed by atoms with van der Waals surface area (Å²) in [4.78, 5) is 16.2. The number of nitrogens with zero attached hydrogens (tertiary/aromatic N) is 2. The molecule has 0 radical (unpaired) electrons. The molecule has 0 amide bonds. The number of rotatable bonds is 4. The monoisotopic (exact) mass is 371 g/mol. The van der Waals surface area contributed by atoms with E-state index < -0.39 is 5.97 Å². The number of aromatic nitrogens is 2. The van der Waals surface area contributed by atoms with Gasteiger partial charge in [-0.25, -0.2) is 9.78 Å². The Bertz CT molecular complexity index is 685. The summed E-state index contributed by atoms with van der Waals surface area (Å²) in [6.45, 7) is 3.94. The van der Waals surface area contributed by atoms with Crippen LogP contribution in [0.25, 0.3) is 5.69 Å². The summed E-state index contributed by atoms with van der Waals surface area (Å²) in [6, 6.07) is 5.42. The molecule has 5 nitrogen and oxygen atoms in total. The number of ether oxygens (including phenoxy) is 1. The van der Waals surface area contributed by atoms with Gasteiger partial charge in [0.2, 0.25) is 0 Å². The maximum absolute atomic E-state index is 11.9. The van der Waals surface area contributed by atoms with Gasteiger partial charge in [-0.3, -0.25) is 4.57 Å². The highest BCUT2D eigenvalue weighted by atomic mass is 79.9. The molecule has 2 N–H and O–H groups in total. The van der Waals surface area contributed by atoms with Crippen LogP contribution < -0.4 is 5.73 Å². The van der Waals surface area contributed by atoms with Crippen LogP contribution in [0, 0.1) is 0 Å². The first-order chi connectivity index (χ1) is 10.0. The first-order valence-corrected chi connectivity index (χ1v) is 7.66. The number of carbonyl (C=O) groups is 1. The average molecular weight is 373 g/mol. The fourth-order valence-corrected chi connectivity index (χ4v) is 2.61. The van der Waals surface area contributed by atoms with Crippen LogP contribution >= 0.6 is 27.5 Å². The van der Waals surface area contributed by atoms with Crippen molar-refractivity contribution in [1.29, 1.82) is 0 Å². The van der Waals surface area contributed by atoms with Crippen LogP contribution in [-0.2, 0) is 11.2 Å². The van der Waals surface area contributed by atoms with E-state index in [4.69, 9.17) is 22.1 Å². The number of halogens is 2. The topological polar surface area (TPSA) is 70.1 Å². The van der Waals surface area contributed by atoms with Gasteiger partial charge in [-0.15, -0.1) is 0 Å². The number of esters is 1. The molecular weight excluding hydrogens is 358 g/mol. The van der Waals surface area contributed by atoms with Crippen molar-refractivity contribution in [2.24, 2.45) is 0 Å². The number of carbonyl (C=O) groups excluding carboxylic acids is 1. The van der Waals surface area contributed by atoms with Gasteiger partial charge >= 0.3 is 5.97 Å². The molecule has 7 heteroatoms. The molecule has 1 aromatic carbocycles. The van der Waals surface area contributed by atoms with Crippen molar-refractivity contribution in [2.45, 2.75) is 20.3 Å². The lowest BCUT2D eigenvalue weighted by atomic mass is 10.3. The summed E-state index contributed by atoms with van der Waals surface area (Å²) >= 11 is 9.56. The molecule has 0 aliphatic heterocycles. The third-order valence-corrected chi connectivity index (χ3v) is 4.32. The lowest BCUT2D eigenvalue weighted by Crippen LogP contribution is -2.10. The summed E-state index contributed by atoms with van der Waals surface area (Å²) in [5, 5.41) is 0.556. The molecule has 2 rings (SSSR count). The minimum absolute atomic E-state index is 0.126.